The fourth-order valence-electron chi connectivity index (χ4n) is 5.93. The van der Waals surface area contributed by atoms with Gasteiger partial charge in [-0.2, -0.15) is 0 Å². The van der Waals surface area contributed by atoms with Gasteiger partial charge in [-0.25, -0.2) is 0 Å². The maximum Gasteiger partial charge on any atom is 0.0547 e. The number of hydrogen-bond donors (Lipinski definition) is 0. The van der Waals surface area contributed by atoms with Crippen LogP contribution >= 0.6 is 0 Å². The van der Waals surface area contributed by atoms with Crippen molar-refractivity contribution in [1.82, 2.24) is 0 Å². The molecular formula is C23H29N. The van der Waals surface area contributed by atoms with Crippen molar-refractivity contribution in [1.29, 1.82) is 0 Å². The first-order chi connectivity index (χ1) is 11.5. The van der Waals surface area contributed by atoms with E-state index in [0.717, 1.165) is 5.92 Å². The van der Waals surface area contributed by atoms with Crippen LogP contribution in [0.5, 0.6) is 0 Å². The highest BCUT2D eigenvalue weighted by Crippen LogP contribution is 2.62. The minimum absolute atomic E-state index is 0.218. The van der Waals surface area contributed by atoms with Gasteiger partial charge in [-0.15, -0.1) is 0 Å². The minimum Gasteiger partial charge on any atom is -0.364 e. The molecule has 4 rings (SSSR count). The first kappa shape index (κ1) is 15.7. The Morgan fingerprint density at radius 1 is 0.833 bits per heavy atom. The van der Waals surface area contributed by atoms with E-state index < -0.39 is 0 Å². The Morgan fingerprint density at radius 3 is 2.08 bits per heavy atom. The van der Waals surface area contributed by atoms with Crippen LogP contribution in [0.3, 0.4) is 0 Å². The summed E-state index contributed by atoms with van der Waals surface area (Å²) in [6, 6.07) is 22.4. The zero-order valence-electron chi connectivity index (χ0n) is 15.2. The van der Waals surface area contributed by atoms with Crippen molar-refractivity contribution in [2.75, 3.05) is 11.4 Å². The zero-order chi connectivity index (χ0) is 16.8. The highest BCUT2D eigenvalue weighted by molar-refractivity contribution is 5.54. The van der Waals surface area contributed by atoms with Gasteiger partial charge in [-0.3, -0.25) is 0 Å². The Labute approximate surface area is 146 Å². The first-order valence-electron chi connectivity index (χ1n) is 9.43. The largest absolute Gasteiger partial charge is 0.364 e. The van der Waals surface area contributed by atoms with E-state index in [4.69, 9.17) is 0 Å². The molecule has 1 saturated heterocycles. The summed E-state index contributed by atoms with van der Waals surface area (Å²) in [6.07, 6.45) is 4.00. The molecule has 1 nitrogen and oxygen atoms in total. The molecule has 1 saturated carbocycles. The number of rotatable bonds is 2. The van der Waals surface area contributed by atoms with E-state index in [1.54, 1.807) is 0 Å². The topological polar surface area (TPSA) is 3.24 Å². The van der Waals surface area contributed by atoms with E-state index in [-0.39, 0.29) is 11.0 Å². The monoisotopic (exact) mass is 319 g/mol. The lowest BCUT2D eigenvalue weighted by atomic mass is 9.62. The van der Waals surface area contributed by atoms with Crippen molar-refractivity contribution in [2.24, 2.45) is 11.3 Å². The molecule has 1 heterocycles. The van der Waals surface area contributed by atoms with E-state index in [9.17, 15) is 0 Å². The fourth-order valence-corrected chi connectivity index (χ4v) is 5.93. The molecule has 3 atom stereocenters. The molecule has 0 amide bonds. The van der Waals surface area contributed by atoms with Gasteiger partial charge in [0.2, 0.25) is 0 Å². The lowest BCUT2D eigenvalue weighted by Gasteiger charge is -2.54. The van der Waals surface area contributed by atoms with Gasteiger partial charge in [-0.1, -0.05) is 69.3 Å². The molecule has 0 aromatic heterocycles. The average Bonchev–Trinajstić information content (AvgIpc) is 3.14. The Balaban J connectivity index is 1.88. The lowest BCUT2D eigenvalue weighted by molar-refractivity contribution is 0.139. The van der Waals surface area contributed by atoms with E-state index in [2.05, 4.69) is 86.3 Å². The minimum atomic E-state index is 0.218. The third-order valence-corrected chi connectivity index (χ3v) is 6.58. The Kier molecular flexibility index (Phi) is 3.71. The van der Waals surface area contributed by atoms with Crippen LogP contribution in [0.25, 0.3) is 0 Å². The highest BCUT2D eigenvalue weighted by atomic mass is 15.3. The number of nitrogens with zero attached hydrogens (tertiary/aromatic N) is 1. The van der Waals surface area contributed by atoms with Gasteiger partial charge in [0.15, 0.2) is 0 Å². The van der Waals surface area contributed by atoms with Crippen LogP contribution in [0.15, 0.2) is 60.7 Å². The lowest BCUT2D eigenvalue weighted by Crippen LogP contribution is -2.58. The third kappa shape index (κ3) is 2.13. The molecule has 1 heteroatoms. The van der Waals surface area contributed by atoms with Crippen LogP contribution in [0.4, 0.5) is 5.69 Å². The van der Waals surface area contributed by atoms with E-state index in [0.29, 0.717) is 5.92 Å². The van der Waals surface area contributed by atoms with Crippen LogP contribution in [-0.4, -0.2) is 12.1 Å². The van der Waals surface area contributed by atoms with Crippen LogP contribution in [0, 0.1) is 11.3 Å². The Hall–Kier alpha value is -1.76. The van der Waals surface area contributed by atoms with Crippen molar-refractivity contribution in [3.63, 3.8) is 0 Å². The van der Waals surface area contributed by atoms with Crippen LogP contribution in [-0.2, 0) is 0 Å². The molecule has 0 radical (unpaired) electrons. The van der Waals surface area contributed by atoms with Gasteiger partial charge in [0.1, 0.15) is 0 Å². The van der Waals surface area contributed by atoms with Gasteiger partial charge in [0, 0.05) is 18.2 Å². The van der Waals surface area contributed by atoms with Crippen LogP contribution in [0.1, 0.15) is 51.5 Å². The van der Waals surface area contributed by atoms with E-state index >= 15 is 0 Å². The van der Waals surface area contributed by atoms with Gasteiger partial charge < -0.3 is 4.90 Å². The van der Waals surface area contributed by atoms with Crippen molar-refractivity contribution in [3.8, 4) is 0 Å². The number of hydrogen-bond acceptors (Lipinski definition) is 1. The molecule has 0 bridgehead atoms. The molecular weight excluding hydrogens is 290 g/mol. The molecule has 2 aromatic carbocycles. The third-order valence-electron chi connectivity index (χ3n) is 6.58. The van der Waals surface area contributed by atoms with E-state index in [1.165, 1.54) is 37.1 Å². The van der Waals surface area contributed by atoms with Gasteiger partial charge in [-0.05, 0) is 48.3 Å². The summed E-state index contributed by atoms with van der Waals surface area (Å²) < 4.78 is 0. The van der Waals surface area contributed by atoms with Crippen molar-refractivity contribution >= 4 is 5.69 Å². The molecule has 24 heavy (non-hydrogen) atoms. The van der Waals surface area contributed by atoms with E-state index in [1.807, 2.05) is 0 Å². The summed E-state index contributed by atoms with van der Waals surface area (Å²) in [7, 11) is 0. The highest BCUT2D eigenvalue weighted by Gasteiger charge is 2.62. The Bertz CT molecular complexity index is 631. The summed E-state index contributed by atoms with van der Waals surface area (Å²) in [6.45, 7) is 8.57. The number of anilines is 1. The molecule has 2 aliphatic rings. The number of benzene rings is 2. The van der Waals surface area contributed by atoms with Crippen molar-refractivity contribution < 1.29 is 0 Å². The number of fused-ring (bicyclic) bond motifs is 1. The van der Waals surface area contributed by atoms with Gasteiger partial charge in [0.05, 0.1) is 5.54 Å². The molecule has 1 aliphatic carbocycles. The second-order valence-electron chi connectivity index (χ2n) is 8.59. The van der Waals surface area contributed by atoms with Crippen LogP contribution in [0.2, 0.25) is 0 Å². The first-order valence-corrected chi connectivity index (χ1v) is 9.43. The molecule has 0 unspecified atom stereocenters. The predicted octanol–water partition coefficient (Wildman–Crippen LogP) is 5.88. The zero-order valence-corrected chi connectivity index (χ0v) is 15.2. The second-order valence-corrected chi connectivity index (χ2v) is 8.59. The summed E-state index contributed by atoms with van der Waals surface area (Å²) in [5.41, 5.74) is 3.38. The summed E-state index contributed by atoms with van der Waals surface area (Å²) in [5.74, 6) is 1.41. The molecule has 0 N–H and O–H groups in total. The quantitative estimate of drug-likeness (QED) is 0.668. The number of para-hydroxylation sites is 1. The van der Waals surface area contributed by atoms with Gasteiger partial charge in [0.25, 0.3) is 0 Å². The smallest absolute Gasteiger partial charge is 0.0547 e. The molecule has 2 aromatic rings. The molecule has 126 valence electrons. The second kappa shape index (κ2) is 5.65. The van der Waals surface area contributed by atoms with Crippen molar-refractivity contribution in [2.45, 2.75) is 51.5 Å². The SMILES string of the molecule is CC(C)(C)[C@]12[C@H](CC[C@H]1c1ccccc1)CCN2c1ccccc1. The van der Waals surface area contributed by atoms with Crippen LogP contribution < -0.4 is 4.90 Å². The maximum absolute atomic E-state index is 2.77. The Morgan fingerprint density at radius 2 is 1.46 bits per heavy atom. The molecule has 1 aliphatic heterocycles. The summed E-state index contributed by atoms with van der Waals surface area (Å²) in [5, 5.41) is 0. The summed E-state index contributed by atoms with van der Waals surface area (Å²) in [4.78, 5) is 2.77. The average molecular weight is 319 g/mol. The fraction of sp³-hybridized carbons (Fsp3) is 0.478. The predicted molar refractivity (Wildman–Crippen MR) is 102 cm³/mol. The molecule has 2 fully saturated rings. The van der Waals surface area contributed by atoms with Gasteiger partial charge >= 0.3 is 0 Å². The molecule has 0 spiro atoms. The summed E-state index contributed by atoms with van der Waals surface area (Å²) >= 11 is 0. The normalized spacial score (nSPS) is 29.7. The van der Waals surface area contributed by atoms with Crippen molar-refractivity contribution in [3.05, 3.63) is 66.2 Å². The standard InChI is InChI=1S/C23H29N/c1-22(2,3)23-19(14-15-21(23)18-10-6-4-7-11-18)16-17-24(23)20-12-8-5-9-13-20/h4-13,19,21H,14-17H2,1-3H3/t19-,21+,23+/m1/s1. The maximum atomic E-state index is 2.77.